The van der Waals surface area contributed by atoms with E-state index in [2.05, 4.69) is 65.6 Å². The van der Waals surface area contributed by atoms with Gasteiger partial charge in [-0.2, -0.15) is 0 Å². The average Bonchev–Trinajstić information content (AvgIpc) is 2.74. The van der Waals surface area contributed by atoms with Gasteiger partial charge in [0.25, 0.3) is 0 Å². The van der Waals surface area contributed by atoms with Gasteiger partial charge in [0.15, 0.2) is 0 Å². The van der Waals surface area contributed by atoms with E-state index in [-0.39, 0.29) is 6.04 Å². The number of nitrogens with zero attached hydrogens (tertiary/aromatic N) is 1. The summed E-state index contributed by atoms with van der Waals surface area (Å²) < 4.78 is 0. The zero-order chi connectivity index (χ0) is 19.6. The largest absolute Gasteiger partial charge is 0.390 e. The fraction of sp³-hybridized carbons (Fsp3) is 0.280. The molecule has 0 aromatic heterocycles. The molecule has 3 heteroatoms. The minimum absolute atomic E-state index is 0.280. The molecule has 0 aliphatic heterocycles. The second kappa shape index (κ2) is 10.8. The van der Waals surface area contributed by atoms with Crippen molar-refractivity contribution in [2.75, 3.05) is 13.1 Å². The maximum atomic E-state index is 10.8. The topological polar surface area (TPSA) is 49.5 Å². The van der Waals surface area contributed by atoms with E-state index in [9.17, 15) is 5.11 Å². The maximum absolute atomic E-state index is 10.8. The lowest BCUT2D eigenvalue weighted by Crippen LogP contribution is -2.45. The van der Waals surface area contributed by atoms with Crippen molar-refractivity contribution >= 4 is 0 Å². The van der Waals surface area contributed by atoms with Gasteiger partial charge in [0.05, 0.1) is 6.10 Å². The highest BCUT2D eigenvalue weighted by Crippen LogP contribution is 2.11. The zero-order valence-corrected chi connectivity index (χ0v) is 16.3. The SMILES string of the molecule is N[C@@H](Cc1ccccc1)[C@@H](O)CN(CCc1ccccc1)Cc1ccccc1. The summed E-state index contributed by atoms with van der Waals surface area (Å²) in [5.41, 5.74) is 10.0. The van der Waals surface area contributed by atoms with E-state index in [0.29, 0.717) is 13.0 Å². The predicted octanol–water partition coefficient (Wildman–Crippen LogP) is 3.66. The van der Waals surface area contributed by atoms with Crippen LogP contribution in [0.2, 0.25) is 0 Å². The van der Waals surface area contributed by atoms with Crippen molar-refractivity contribution in [3.8, 4) is 0 Å². The van der Waals surface area contributed by atoms with Crippen LogP contribution in [0.25, 0.3) is 0 Å². The number of nitrogens with two attached hydrogens (primary N) is 1. The Balaban J connectivity index is 1.61. The molecule has 146 valence electrons. The molecule has 2 atom stereocenters. The minimum atomic E-state index is -0.570. The van der Waals surface area contributed by atoms with E-state index in [1.807, 2.05) is 30.3 Å². The van der Waals surface area contributed by atoms with Crippen LogP contribution in [0.1, 0.15) is 16.7 Å². The average molecular weight is 375 g/mol. The third-order valence-corrected chi connectivity index (χ3v) is 5.06. The molecular formula is C25H30N2O. The first kappa shape index (κ1) is 20.3. The number of hydrogen-bond donors (Lipinski definition) is 2. The second-order valence-electron chi connectivity index (χ2n) is 7.38. The highest BCUT2D eigenvalue weighted by molar-refractivity contribution is 5.17. The summed E-state index contributed by atoms with van der Waals surface area (Å²) in [4.78, 5) is 2.30. The van der Waals surface area contributed by atoms with Gasteiger partial charge in [-0.15, -0.1) is 0 Å². The summed E-state index contributed by atoms with van der Waals surface area (Å²) in [6.45, 7) is 2.26. The number of hydrogen-bond acceptors (Lipinski definition) is 3. The Bertz CT molecular complexity index is 793. The van der Waals surface area contributed by atoms with E-state index in [1.165, 1.54) is 11.1 Å². The molecule has 0 spiro atoms. The molecule has 28 heavy (non-hydrogen) atoms. The molecular weight excluding hydrogens is 344 g/mol. The fourth-order valence-corrected chi connectivity index (χ4v) is 3.43. The van der Waals surface area contributed by atoms with Crippen LogP contribution >= 0.6 is 0 Å². The molecule has 0 aliphatic carbocycles. The summed E-state index contributed by atoms with van der Waals surface area (Å²) >= 11 is 0. The van der Waals surface area contributed by atoms with Crippen LogP contribution in [0.15, 0.2) is 91.0 Å². The molecule has 0 bridgehead atoms. The Labute approximate surface area is 168 Å². The highest BCUT2D eigenvalue weighted by atomic mass is 16.3. The van der Waals surface area contributed by atoms with Crippen molar-refractivity contribution in [2.24, 2.45) is 5.73 Å². The summed E-state index contributed by atoms with van der Waals surface area (Å²) in [7, 11) is 0. The number of aliphatic hydroxyl groups is 1. The molecule has 0 unspecified atom stereocenters. The summed E-state index contributed by atoms with van der Waals surface area (Å²) in [5, 5.41) is 10.8. The molecule has 0 heterocycles. The van der Waals surface area contributed by atoms with Crippen molar-refractivity contribution < 1.29 is 5.11 Å². The van der Waals surface area contributed by atoms with Crippen LogP contribution < -0.4 is 5.73 Å². The van der Waals surface area contributed by atoms with Crippen molar-refractivity contribution in [3.63, 3.8) is 0 Å². The Kier molecular flexibility index (Phi) is 7.80. The lowest BCUT2D eigenvalue weighted by Gasteiger charge is -2.28. The quantitative estimate of drug-likeness (QED) is 0.569. The second-order valence-corrected chi connectivity index (χ2v) is 7.38. The fourth-order valence-electron chi connectivity index (χ4n) is 3.43. The molecule has 0 saturated heterocycles. The highest BCUT2D eigenvalue weighted by Gasteiger charge is 2.19. The first-order valence-electron chi connectivity index (χ1n) is 9.98. The number of benzene rings is 3. The molecule has 0 radical (unpaired) electrons. The molecule has 3 rings (SSSR count). The van der Waals surface area contributed by atoms with Gasteiger partial charge >= 0.3 is 0 Å². The Morgan fingerprint density at radius 3 is 1.79 bits per heavy atom. The van der Waals surface area contributed by atoms with E-state index >= 15 is 0 Å². The molecule has 3 N–H and O–H groups in total. The van der Waals surface area contributed by atoms with Gasteiger partial charge in [0.1, 0.15) is 0 Å². The third kappa shape index (κ3) is 6.61. The van der Waals surface area contributed by atoms with Gasteiger partial charge in [0, 0.05) is 25.7 Å². The summed E-state index contributed by atoms with van der Waals surface area (Å²) in [6.07, 6.45) is 1.06. The monoisotopic (exact) mass is 374 g/mol. The Morgan fingerprint density at radius 1 is 0.714 bits per heavy atom. The lowest BCUT2D eigenvalue weighted by atomic mass is 10.0. The third-order valence-electron chi connectivity index (χ3n) is 5.06. The molecule has 3 nitrogen and oxygen atoms in total. The molecule has 0 aliphatic rings. The first-order valence-corrected chi connectivity index (χ1v) is 9.98. The van der Waals surface area contributed by atoms with Gasteiger partial charge in [-0.05, 0) is 29.5 Å². The van der Waals surface area contributed by atoms with Crippen LogP contribution in [0.3, 0.4) is 0 Å². The van der Waals surface area contributed by atoms with Crippen LogP contribution in [0, 0.1) is 0 Å². The molecule has 0 amide bonds. The lowest BCUT2D eigenvalue weighted by molar-refractivity contribution is 0.0879. The molecule has 0 fully saturated rings. The van der Waals surface area contributed by atoms with Gasteiger partial charge in [-0.1, -0.05) is 91.0 Å². The van der Waals surface area contributed by atoms with E-state index in [4.69, 9.17) is 5.73 Å². The smallest absolute Gasteiger partial charge is 0.0821 e. The van der Waals surface area contributed by atoms with Crippen molar-refractivity contribution in [1.82, 2.24) is 4.90 Å². The van der Waals surface area contributed by atoms with Crippen molar-refractivity contribution in [1.29, 1.82) is 0 Å². The number of aliphatic hydroxyl groups excluding tert-OH is 1. The van der Waals surface area contributed by atoms with Crippen LogP contribution in [0.4, 0.5) is 0 Å². The van der Waals surface area contributed by atoms with Gasteiger partial charge in [0.2, 0.25) is 0 Å². The summed E-state index contributed by atoms with van der Waals surface area (Å²) in [6, 6.07) is 30.7. The van der Waals surface area contributed by atoms with Gasteiger partial charge in [-0.3, -0.25) is 4.90 Å². The molecule has 3 aromatic rings. The van der Waals surface area contributed by atoms with Crippen molar-refractivity contribution in [3.05, 3.63) is 108 Å². The Hall–Kier alpha value is -2.46. The molecule has 0 saturated carbocycles. The zero-order valence-electron chi connectivity index (χ0n) is 16.3. The number of rotatable bonds is 10. The molecule has 3 aromatic carbocycles. The normalized spacial score (nSPS) is 13.4. The van der Waals surface area contributed by atoms with Crippen LogP contribution in [-0.2, 0) is 19.4 Å². The first-order chi connectivity index (χ1) is 13.7. The van der Waals surface area contributed by atoms with E-state index < -0.39 is 6.10 Å². The standard InChI is InChI=1S/C25H30N2O/c26-24(18-22-12-6-2-7-13-22)25(28)20-27(19-23-14-8-3-9-15-23)17-16-21-10-4-1-5-11-21/h1-15,24-25,28H,16-20,26H2/t24-,25-/m0/s1. The maximum Gasteiger partial charge on any atom is 0.0821 e. The van der Waals surface area contributed by atoms with Gasteiger partial charge in [-0.25, -0.2) is 0 Å². The minimum Gasteiger partial charge on any atom is -0.390 e. The van der Waals surface area contributed by atoms with E-state index in [1.54, 1.807) is 0 Å². The van der Waals surface area contributed by atoms with Crippen LogP contribution in [0.5, 0.6) is 0 Å². The van der Waals surface area contributed by atoms with Crippen LogP contribution in [-0.4, -0.2) is 35.2 Å². The summed E-state index contributed by atoms with van der Waals surface area (Å²) in [5.74, 6) is 0. The van der Waals surface area contributed by atoms with Crippen molar-refractivity contribution in [2.45, 2.75) is 31.5 Å². The van der Waals surface area contributed by atoms with E-state index in [0.717, 1.165) is 25.1 Å². The Morgan fingerprint density at radius 2 is 1.21 bits per heavy atom. The predicted molar refractivity (Wildman–Crippen MR) is 116 cm³/mol. The van der Waals surface area contributed by atoms with Gasteiger partial charge < -0.3 is 10.8 Å².